The van der Waals surface area contributed by atoms with Gasteiger partial charge in [0.15, 0.2) is 0 Å². The molecule has 1 unspecified atom stereocenters. The number of amides is 2. The lowest BCUT2D eigenvalue weighted by Gasteiger charge is -2.19. The summed E-state index contributed by atoms with van der Waals surface area (Å²) in [5, 5.41) is 0. The highest BCUT2D eigenvalue weighted by Gasteiger charge is 2.26. The first-order valence-electron chi connectivity index (χ1n) is 6.44. The molecule has 1 aliphatic rings. The zero-order valence-corrected chi connectivity index (χ0v) is 12.1. The van der Waals surface area contributed by atoms with Gasteiger partial charge in [0.05, 0.1) is 10.9 Å². The van der Waals surface area contributed by atoms with Crippen LogP contribution in [-0.4, -0.2) is 59.8 Å². The number of hydrogen-bond acceptors (Lipinski definition) is 4. The SMILES string of the molecule is CN(CCC(N)=S)C(=O)CCN1CCC(C(N)=O)C1. The summed E-state index contributed by atoms with van der Waals surface area (Å²) in [5.41, 5.74) is 10.7. The van der Waals surface area contributed by atoms with E-state index in [-0.39, 0.29) is 17.7 Å². The lowest BCUT2D eigenvalue weighted by Crippen LogP contribution is -2.34. The summed E-state index contributed by atoms with van der Waals surface area (Å²) in [6.07, 6.45) is 1.78. The van der Waals surface area contributed by atoms with E-state index >= 15 is 0 Å². The third-order valence-electron chi connectivity index (χ3n) is 3.44. The first kappa shape index (κ1) is 15.8. The van der Waals surface area contributed by atoms with Crippen LogP contribution in [0.15, 0.2) is 0 Å². The van der Waals surface area contributed by atoms with Crippen LogP contribution in [0.4, 0.5) is 0 Å². The zero-order valence-electron chi connectivity index (χ0n) is 11.3. The highest BCUT2D eigenvalue weighted by atomic mass is 32.1. The molecule has 1 rings (SSSR count). The topological polar surface area (TPSA) is 92.7 Å². The molecule has 0 radical (unpaired) electrons. The molecule has 19 heavy (non-hydrogen) atoms. The van der Waals surface area contributed by atoms with E-state index in [0.717, 1.165) is 13.0 Å². The predicted molar refractivity (Wildman–Crippen MR) is 77.4 cm³/mol. The summed E-state index contributed by atoms with van der Waals surface area (Å²) in [5.74, 6) is -0.247. The fourth-order valence-corrected chi connectivity index (χ4v) is 2.21. The fraction of sp³-hybridized carbons (Fsp3) is 0.750. The van der Waals surface area contributed by atoms with E-state index in [1.54, 1.807) is 11.9 Å². The monoisotopic (exact) mass is 286 g/mol. The van der Waals surface area contributed by atoms with Crippen LogP contribution in [0.25, 0.3) is 0 Å². The van der Waals surface area contributed by atoms with Crippen molar-refractivity contribution in [2.24, 2.45) is 17.4 Å². The summed E-state index contributed by atoms with van der Waals surface area (Å²) in [4.78, 5) is 27.1. The minimum absolute atomic E-state index is 0.0672. The highest BCUT2D eigenvalue weighted by Crippen LogP contribution is 2.15. The van der Waals surface area contributed by atoms with Crippen molar-refractivity contribution in [3.8, 4) is 0 Å². The van der Waals surface area contributed by atoms with Crippen molar-refractivity contribution >= 4 is 29.0 Å². The summed E-state index contributed by atoms with van der Waals surface area (Å²) in [7, 11) is 1.75. The van der Waals surface area contributed by atoms with Gasteiger partial charge in [0.25, 0.3) is 0 Å². The third kappa shape index (κ3) is 5.52. The summed E-state index contributed by atoms with van der Waals surface area (Å²) >= 11 is 4.78. The van der Waals surface area contributed by atoms with E-state index in [0.29, 0.717) is 37.5 Å². The first-order valence-corrected chi connectivity index (χ1v) is 6.85. The number of primary amides is 1. The number of likely N-dealkylation sites (tertiary alicyclic amines) is 1. The number of nitrogens with two attached hydrogens (primary N) is 2. The molecule has 7 heteroatoms. The van der Waals surface area contributed by atoms with Crippen molar-refractivity contribution in [2.45, 2.75) is 19.3 Å². The van der Waals surface area contributed by atoms with E-state index in [9.17, 15) is 9.59 Å². The standard InChI is InChI=1S/C12H22N4O2S/c1-15(5-3-10(13)19)11(17)4-7-16-6-2-9(8-16)12(14)18/h9H,2-8H2,1H3,(H2,13,19)(H2,14,18). The van der Waals surface area contributed by atoms with Gasteiger partial charge in [0.2, 0.25) is 11.8 Å². The first-order chi connectivity index (χ1) is 8.90. The zero-order chi connectivity index (χ0) is 14.4. The van der Waals surface area contributed by atoms with Gasteiger partial charge in [-0.3, -0.25) is 9.59 Å². The van der Waals surface area contributed by atoms with Gasteiger partial charge < -0.3 is 21.3 Å². The van der Waals surface area contributed by atoms with Crippen molar-refractivity contribution in [1.82, 2.24) is 9.80 Å². The molecule has 0 aromatic heterocycles. The Morgan fingerprint density at radius 3 is 2.58 bits per heavy atom. The minimum atomic E-state index is -0.248. The Morgan fingerprint density at radius 2 is 2.05 bits per heavy atom. The minimum Gasteiger partial charge on any atom is -0.393 e. The number of rotatable bonds is 7. The van der Waals surface area contributed by atoms with Crippen LogP contribution in [0.1, 0.15) is 19.3 Å². The van der Waals surface area contributed by atoms with E-state index < -0.39 is 0 Å². The molecule has 0 bridgehead atoms. The Kier molecular flexibility index (Phi) is 6.17. The molecule has 2 amide bonds. The van der Waals surface area contributed by atoms with Crippen LogP contribution >= 0.6 is 12.2 Å². The van der Waals surface area contributed by atoms with E-state index in [4.69, 9.17) is 23.7 Å². The number of thiocarbonyl (C=S) groups is 1. The van der Waals surface area contributed by atoms with Crippen LogP contribution < -0.4 is 11.5 Å². The van der Waals surface area contributed by atoms with Gasteiger partial charge in [-0.1, -0.05) is 12.2 Å². The molecule has 108 valence electrons. The highest BCUT2D eigenvalue weighted by molar-refractivity contribution is 7.80. The molecule has 0 saturated carbocycles. The summed E-state index contributed by atoms with van der Waals surface area (Å²) in [6.45, 7) is 2.72. The maximum atomic E-state index is 11.9. The largest absolute Gasteiger partial charge is 0.393 e. The molecule has 0 spiro atoms. The molecule has 1 fully saturated rings. The van der Waals surface area contributed by atoms with Crippen molar-refractivity contribution in [3.05, 3.63) is 0 Å². The average Bonchev–Trinajstić information content (AvgIpc) is 2.81. The fourth-order valence-electron chi connectivity index (χ4n) is 2.12. The van der Waals surface area contributed by atoms with Gasteiger partial charge >= 0.3 is 0 Å². The number of nitrogens with zero attached hydrogens (tertiary/aromatic N) is 2. The predicted octanol–water partition coefficient (Wildman–Crippen LogP) is -0.682. The van der Waals surface area contributed by atoms with Gasteiger partial charge in [0, 0.05) is 39.5 Å². The van der Waals surface area contributed by atoms with Gasteiger partial charge in [-0.15, -0.1) is 0 Å². The van der Waals surface area contributed by atoms with Crippen LogP contribution in [0.2, 0.25) is 0 Å². The molecule has 0 aromatic carbocycles. The molecule has 1 aliphatic heterocycles. The summed E-state index contributed by atoms with van der Waals surface area (Å²) < 4.78 is 0. The molecular weight excluding hydrogens is 264 g/mol. The molecule has 1 atom stereocenters. The third-order valence-corrected chi connectivity index (χ3v) is 3.64. The number of carbonyl (C=O) groups is 2. The lowest BCUT2D eigenvalue weighted by atomic mass is 10.1. The van der Waals surface area contributed by atoms with Crippen molar-refractivity contribution in [2.75, 3.05) is 33.2 Å². The second kappa shape index (κ2) is 7.40. The Hall–Kier alpha value is -1.21. The van der Waals surface area contributed by atoms with Crippen LogP contribution in [0.3, 0.4) is 0 Å². The smallest absolute Gasteiger partial charge is 0.223 e. The second-order valence-corrected chi connectivity index (χ2v) is 5.49. The van der Waals surface area contributed by atoms with Crippen molar-refractivity contribution in [3.63, 3.8) is 0 Å². The Balaban J connectivity index is 2.23. The second-order valence-electron chi connectivity index (χ2n) is 4.97. The van der Waals surface area contributed by atoms with Crippen LogP contribution in [0.5, 0.6) is 0 Å². The number of hydrogen-bond donors (Lipinski definition) is 2. The van der Waals surface area contributed by atoms with Gasteiger partial charge in [-0.05, 0) is 13.0 Å². The Morgan fingerprint density at radius 1 is 1.37 bits per heavy atom. The maximum Gasteiger partial charge on any atom is 0.223 e. The lowest BCUT2D eigenvalue weighted by molar-refractivity contribution is -0.130. The normalized spacial score (nSPS) is 19.3. The molecule has 4 N–H and O–H groups in total. The van der Waals surface area contributed by atoms with Gasteiger partial charge in [0.1, 0.15) is 0 Å². The van der Waals surface area contributed by atoms with Crippen LogP contribution in [-0.2, 0) is 9.59 Å². The van der Waals surface area contributed by atoms with E-state index in [2.05, 4.69) is 4.90 Å². The van der Waals surface area contributed by atoms with Crippen LogP contribution in [0, 0.1) is 5.92 Å². The quantitative estimate of drug-likeness (QED) is 0.605. The molecule has 0 aromatic rings. The molecular formula is C12H22N4O2S. The average molecular weight is 286 g/mol. The Labute approximate surface area is 119 Å². The molecule has 1 saturated heterocycles. The molecule has 6 nitrogen and oxygen atoms in total. The maximum absolute atomic E-state index is 11.9. The molecule has 0 aliphatic carbocycles. The molecule has 1 heterocycles. The summed E-state index contributed by atoms with van der Waals surface area (Å²) in [6, 6.07) is 0. The number of carbonyl (C=O) groups excluding carboxylic acids is 2. The van der Waals surface area contributed by atoms with Gasteiger partial charge in [-0.25, -0.2) is 0 Å². The van der Waals surface area contributed by atoms with Crippen molar-refractivity contribution in [1.29, 1.82) is 0 Å². The Bertz CT molecular complexity index is 362. The van der Waals surface area contributed by atoms with E-state index in [1.165, 1.54) is 0 Å². The van der Waals surface area contributed by atoms with Crippen molar-refractivity contribution < 1.29 is 9.59 Å². The van der Waals surface area contributed by atoms with Gasteiger partial charge in [-0.2, -0.15) is 0 Å². The van der Waals surface area contributed by atoms with E-state index in [1.807, 2.05) is 0 Å².